The summed E-state index contributed by atoms with van der Waals surface area (Å²) >= 11 is 6.69. The smallest absolute Gasteiger partial charge is 0.123 e. The predicted octanol–water partition coefficient (Wildman–Crippen LogP) is 5.38. The Morgan fingerprint density at radius 3 is 2.15 bits per heavy atom. The van der Waals surface area contributed by atoms with Gasteiger partial charge in [0.15, 0.2) is 0 Å². The van der Waals surface area contributed by atoms with Gasteiger partial charge in [0.05, 0.1) is 0 Å². The molecule has 2 aromatic carbocycles. The zero-order chi connectivity index (χ0) is 17.8. The van der Waals surface area contributed by atoms with E-state index in [4.69, 9.17) is 11.6 Å². The molecule has 0 N–H and O–H groups in total. The second-order valence-corrected chi connectivity index (χ2v) is 9.71. The lowest BCUT2D eigenvalue weighted by Crippen LogP contribution is -2.36. The van der Waals surface area contributed by atoms with Gasteiger partial charge in [0.2, 0.25) is 0 Å². The fraction of sp³-hybridized carbons (Fsp3) is 0.304. The number of nitrogens with zero attached hydrogens (tertiary/aromatic N) is 1. The Bertz CT molecular complexity index is 745. The minimum absolute atomic E-state index is 0.00440. The standard InChI is InChI=1S/C23H25ClNP/c24-23-16-15-19-9-7-8-14-22(19)25(23)17-18-26(20-10-3-1-4-11-20)21-12-5-2-6-13-21/h1-6,10-13,15-16,23H,7-9,14,17-18H2. The number of hydrogen-bond donors (Lipinski definition) is 0. The zero-order valence-electron chi connectivity index (χ0n) is 15.0. The minimum Gasteiger partial charge on any atom is -0.355 e. The van der Waals surface area contributed by atoms with E-state index < -0.39 is 0 Å². The number of allylic oxidation sites excluding steroid dienone is 3. The maximum Gasteiger partial charge on any atom is 0.123 e. The summed E-state index contributed by atoms with van der Waals surface area (Å²) in [6.07, 6.45) is 10.6. The van der Waals surface area contributed by atoms with Crippen LogP contribution in [0.4, 0.5) is 0 Å². The second kappa shape index (κ2) is 8.42. The van der Waals surface area contributed by atoms with Crippen molar-refractivity contribution in [2.45, 2.75) is 31.2 Å². The Morgan fingerprint density at radius 2 is 1.50 bits per heavy atom. The first-order valence-corrected chi connectivity index (χ1v) is 11.5. The molecule has 3 heteroatoms. The predicted molar refractivity (Wildman–Crippen MR) is 115 cm³/mol. The highest BCUT2D eigenvalue weighted by Gasteiger charge is 2.26. The molecule has 4 rings (SSSR count). The molecule has 1 aliphatic carbocycles. The fourth-order valence-corrected chi connectivity index (χ4v) is 6.54. The van der Waals surface area contributed by atoms with Crippen molar-refractivity contribution in [2.75, 3.05) is 12.7 Å². The Balaban J connectivity index is 1.57. The molecule has 1 aliphatic heterocycles. The first kappa shape index (κ1) is 17.8. The largest absolute Gasteiger partial charge is 0.355 e. The van der Waals surface area contributed by atoms with Crippen LogP contribution in [0, 0.1) is 0 Å². The summed E-state index contributed by atoms with van der Waals surface area (Å²) in [5, 5.41) is 2.90. The Labute approximate surface area is 163 Å². The molecule has 2 aliphatic rings. The lowest BCUT2D eigenvalue weighted by Gasteiger charge is -2.37. The van der Waals surface area contributed by atoms with E-state index in [1.807, 2.05) is 0 Å². The summed E-state index contributed by atoms with van der Waals surface area (Å²) in [6, 6.07) is 21.9. The van der Waals surface area contributed by atoms with Crippen molar-refractivity contribution >= 4 is 30.1 Å². The third-order valence-corrected chi connectivity index (χ3v) is 8.15. The summed E-state index contributed by atoms with van der Waals surface area (Å²) in [7, 11) is -0.366. The summed E-state index contributed by atoms with van der Waals surface area (Å²) in [5.74, 6) is 0. The van der Waals surface area contributed by atoms with Crippen molar-refractivity contribution in [3.8, 4) is 0 Å². The summed E-state index contributed by atoms with van der Waals surface area (Å²) < 4.78 is 0. The molecule has 0 spiro atoms. The molecule has 0 aromatic heterocycles. The van der Waals surface area contributed by atoms with Crippen molar-refractivity contribution < 1.29 is 0 Å². The fourth-order valence-electron chi connectivity index (χ4n) is 3.96. The number of alkyl halides is 1. The molecule has 134 valence electrons. The Kier molecular flexibility index (Phi) is 5.78. The van der Waals surface area contributed by atoms with Crippen LogP contribution in [-0.2, 0) is 0 Å². The van der Waals surface area contributed by atoms with Crippen LogP contribution < -0.4 is 10.6 Å². The van der Waals surface area contributed by atoms with E-state index in [0.29, 0.717) is 0 Å². The van der Waals surface area contributed by atoms with Gasteiger partial charge in [-0.25, -0.2) is 0 Å². The first-order valence-electron chi connectivity index (χ1n) is 9.51. The van der Waals surface area contributed by atoms with Crippen LogP contribution in [0.3, 0.4) is 0 Å². The average Bonchev–Trinajstić information content (AvgIpc) is 2.71. The molecule has 0 radical (unpaired) electrons. The number of benzene rings is 2. The topological polar surface area (TPSA) is 3.24 Å². The van der Waals surface area contributed by atoms with Gasteiger partial charge in [-0.1, -0.05) is 78.3 Å². The molecule has 1 atom stereocenters. The maximum absolute atomic E-state index is 6.69. The van der Waals surface area contributed by atoms with Crippen LogP contribution in [0.1, 0.15) is 25.7 Å². The number of halogens is 1. The second-order valence-electron chi connectivity index (χ2n) is 6.93. The maximum atomic E-state index is 6.69. The van der Waals surface area contributed by atoms with Crippen molar-refractivity contribution in [3.05, 3.63) is 84.1 Å². The van der Waals surface area contributed by atoms with Gasteiger partial charge in [-0.05, 0) is 62.0 Å². The van der Waals surface area contributed by atoms with Crippen molar-refractivity contribution in [3.63, 3.8) is 0 Å². The third-order valence-electron chi connectivity index (χ3n) is 5.28. The SMILES string of the molecule is ClC1C=CC2=C(CCCC2)N1CCP(c1ccccc1)c1ccccc1. The minimum atomic E-state index is -0.366. The normalized spacial score (nSPS) is 19.8. The van der Waals surface area contributed by atoms with E-state index in [-0.39, 0.29) is 13.4 Å². The highest BCUT2D eigenvalue weighted by Crippen LogP contribution is 2.37. The molecule has 0 saturated carbocycles. The lowest BCUT2D eigenvalue weighted by molar-refractivity contribution is 0.337. The molecule has 1 heterocycles. The van der Waals surface area contributed by atoms with Crippen LogP contribution in [0.15, 0.2) is 84.1 Å². The van der Waals surface area contributed by atoms with Gasteiger partial charge in [-0.2, -0.15) is 0 Å². The molecular formula is C23H25ClNP. The van der Waals surface area contributed by atoms with Gasteiger partial charge >= 0.3 is 0 Å². The monoisotopic (exact) mass is 381 g/mol. The number of hydrogen-bond acceptors (Lipinski definition) is 1. The van der Waals surface area contributed by atoms with E-state index in [2.05, 4.69) is 77.7 Å². The van der Waals surface area contributed by atoms with E-state index in [0.717, 1.165) is 12.7 Å². The molecule has 0 bridgehead atoms. The summed E-state index contributed by atoms with van der Waals surface area (Å²) in [4.78, 5) is 2.46. The lowest BCUT2D eigenvalue weighted by atomic mass is 9.93. The molecule has 0 saturated heterocycles. The van der Waals surface area contributed by atoms with E-state index in [9.17, 15) is 0 Å². The van der Waals surface area contributed by atoms with Crippen LogP contribution in [0.2, 0.25) is 0 Å². The van der Waals surface area contributed by atoms with Crippen LogP contribution in [0.25, 0.3) is 0 Å². The molecule has 0 fully saturated rings. The van der Waals surface area contributed by atoms with Gasteiger partial charge in [0.25, 0.3) is 0 Å². The molecule has 26 heavy (non-hydrogen) atoms. The highest BCUT2D eigenvalue weighted by atomic mass is 35.5. The van der Waals surface area contributed by atoms with Crippen molar-refractivity contribution in [2.24, 2.45) is 0 Å². The number of rotatable bonds is 5. The van der Waals surface area contributed by atoms with Gasteiger partial charge in [-0.3, -0.25) is 0 Å². The van der Waals surface area contributed by atoms with Gasteiger partial charge in [0, 0.05) is 12.2 Å². The molecule has 1 nitrogen and oxygen atoms in total. The summed E-state index contributed by atoms with van der Waals surface area (Å²) in [6.45, 7) is 1.02. The average molecular weight is 382 g/mol. The quantitative estimate of drug-likeness (QED) is 0.381. The van der Waals surface area contributed by atoms with Gasteiger partial charge in [-0.15, -0.1) is 0 Å². The van der Waals surface area contributed by atoms with E-state index in [1.54, 1.807) is 0 Å². The van der Waals surface area contributed by atoms with Crippen molar-refractivity contribution in [1.82, 2.24) is 4.90 Å². The first-order chi connectivity index (χ1) is 12.8. The third kappa shape index (κ3) is 3.90. The molecule has 2 aromatic rings. The molecule has 1 unspecified atom stereocenters. The van der Waals surface area contributed by atoms with Crippen molar-refractivity contribution in [1.29, 1.82) is 0 Å². The van der Waals surface area contributed by atoms with Gasteiger partial charge < -0.3 is 4.90 Å². The zero-order valence-corrected chi connectivity index (χ0v) is 16.7. The van der Waals surface area contributed by atoms with Crippen LogP contribution in [-0.4, -0.2) is 23.1 Å². The van der Waals surface area contributed by atoms with Gasteiger partial charge in [0.1, 0.15) is 5.50 Å². The molecular weight excluding hydrogens is 357 g/mol. The van der Waals surface area contributed by atoms with Crippen LogP contribution >= 0.6 is 19.5 Å². The van der Waals surface area contributed by atoms with E-state index >= 15 is 0 Å². The van der Waals surface area contributed by atoms with Crippen LogP contribution in [0.5, 0.6) is 0 Å². The molecule has 0 amide bonds. The Morgan fingerprint density at radius 1 is 0.885 bits per heavy atom. The Hall–Kier alpha value is -1.56. The highest BCUT2D eigenvalue weighted by molar-refractivity contribution is 7.73. The van der Waals surface area contributed by atoms with E-state index in [1.165, 1.54) is 47.6 Å². The summed E-state index contributed by atoms with van der Waals surface area (Å²) in [5.41, 5.74) is 3.00.